The molecule has 5 nitrogen and oxygen atoms in total. The number of hydrogen-bond donors (Lipinski definition) is 1. The highest BCUT2D eigenvalue weighted by Crippen LogP contribution is 2.29. The van der Waals surface area contributed by atoms with E-state index in [1.807, 2.05) is 0 Å². The molecule has 0 radical (unpaired) electrons. The van der Waals surface area contributed by atoms with Gasteiger partial charge in [0.1, 0.15) is 17.1 Å². The Morgan fingerprint density at radius 3 is 2.56 bits per heavy atom. The second-order valence-corrected chi connectivity index (χ2v) is 7.53. The van der Waals surface area contributed by atoms with Crippen LogP contribution in [0.25, 0.3) is 17.1 Å². The van der Waals surface area contributed by atoms with E-state index >= 15 is 0 Å². The summed E-state index contributed by atoms with van der Waals surface area (Å²) in [4.78, 5) is 13.0. The van der Waals surface area contributed by atoms with Gasteiger partial charge in [-0.15, -0.1) is 0 Å². The van der Waals surface area contributed by atoms with Gasteiger partial charge in [-0.25, -0.2) is 4.68 Å². The lowest BCUT2D eigenvalue weighted by molar-refractivity contribution is -0.137. The number of nitrogens with one attached hydrogen (secondary N) is 1. The van der Waals surface area contributed by atoms with Crippen molar-refractivity contribution in [3.63, 3.8) is 0 Å². The van der Waals surface area contributed by atoms with Crippen molar-refractivity contribution in [2.24, 2.45) is 0 Å². The van der Waals surface area contributed by atoms with Crippen LogP contribution in [-0.4, -0.2) is 15.7 Å². The molecule has 0 aliphatic heterocycles. The van der Waals surface area contributed by atoms with E-state index in [4.69, 9.17) is 16.0 Å². The van der Waals surface area contributed by atoms with Gasteiger partial charge in [0.15, 0.2) is 5.76 Å². The standard InChI is InChI=1S/C23H17ClF3N3O2/c1-14-8-9-21(32-14)19-12-20(30(29-19)18-7-3-6-17(24)11-18)22(31)28-13-15-4-2-5-16(10-15)23(25,26)27/h2-12H,13H2,1H3,(H,28,31). The van der Waals surface area contributed by atoms with Crippen LogP contribution in [0.4, 0.5) is 13.2 Å². The van der Waals surface area contributed by atoms with Crippen molar-refractivity contribution in [3.05, 3.63) is 94.3 Å². The van der Waals surface area contributed by atoms with Crippen molar-refractivity contribution >= 4 is 17.5 Å². The van der Waals surface area contributed by atoms with Crippen molar-refractivity contribution in [1.29, 1.82) is 0 Å². The first kappa shape index (κ1) is 21.7. The molecule has 0 aliphatic carbocycles. The van der Waals surface area contributed by atoms with Crippen LogP contribution in [0.3, 0.4) is 0 Å². The number of furan rings is 1. The Morgan fingerprint density at radius 2 is 1.88 bits per heavy atom. The van der Waals surface area contributed by atoms with Crippen molar-refractivity contribution in [2.45, 2.75) is 19.6 Å². The minimum atomic E-state index is -4.46. The SMILES string of the molecule is Cc1ccc(-c2cc(C(=O)NCc3cccc(C(F)(F)F)c3)n(-c3cccc(Cl)c3)n2)o1. The molecule has 0 aliphatic rings. The van der Waals surface area contributed by atoms with Crippen LogP contribution in [0.15, 0.2) is 71.1 Å². The molecule has 0 spiro atoms. The molecule has 2 aromatic heterocycles. The summed E-state index contributed by atoms with van der Waals surface area (Å²) in [5.41, 5.74) is 0.717. The van der Waals surface area contributed by atoms with E-state index in [-0.39, 0.29) is 12.2 Å². The molecular formula is C23H17ClF3N3O2. The van der Waals surface area contributed by atoms with E-state index in [1.165, 1.54) is 16.8 Å². The summed E-state index contributed by atoms with van der Waals surface area (Å²) in [6.07, 6.45) is -4.46. The molecule has 1 amide bonds. The second-order valence-electron chi connectivity index (χ2n) is 7.10. The number of halogens is 4. The highest BCUT2D eigenvalue weighted by atomic mass is 35.5. The number of amides is 1. The number of carbonyl (C=O) groups excluding carboxylic acids is 1. The van der Waals surface area contributed by atoms with Gasteiger partial charge in [0, 0.05) is 17.6 Å². The number of carbonyl (C=O) groups is 1. The van der Waals surface area contributed by atoms with Gasteiger partial charge in [0.05, 0.1) is 11.3 Å². The molecule has 2 aromatic carbocycles. The van der Waals surface area contributed by atoms with Crippen LogP contribution in [0.1, 0.15) is 27.4 Å². The Labute approximate surface area is 186 Å². The van der Waals surface area contributed by atoms with Gasteiger partial charge >= 0.3 is 6.18 Å². The van der Waals surface area contributed by atoms with Crippen LogP contribution in [0, 0.1) is 6.92 Å². The maximum atomic E-state index is 13.0. The van der Waals surface area contributed by atoms with Gasteiger partial charge in [0.2, 0.25) is 0 Å². The van der Waals surface area contributed by atoms with Crippen LogP contribution in [0.5, 0.6) is 0 Å². The van der Waals surface area contributed by atoms with E-state index in [9.17, 15) is 18.0 Å². The fourth-order valence-corrected chi connectivity index (χ4v) is 3.36. The zero-order valence-corrected chi connectivity index (χ0v) is 17.5. The minimum Gasteiger partial charge on any atom is -0.460 e. The number of rotatable bonds is 5. The van der Waals surface area contributed by atoms with E-state index in [0.717, 1.165) is 12.1 Å². The molecule has 4 aromatic rings. The lowest BCUT2D eigenvalue weighted by Gasteiger charge is -2.11. The van der Waals surface area contributed by atoms with Gasteiger partial charge in [0.25, 0.3) is 5.91 Å². The molecule has 9 heteroatoms. The average molecular weight is 460 g/mol. The predicted octanol–water partition coefficient (Wildman–Crippen LogP) is 6.04. The second kappa shape index (κ2) is 8.55. The molecule has 0 fully saturated rings. The van der Waals surface area contributed by atoms with Crippen LogP contribution in [-0.2, 0) is 12.7 Å². The molecule has 32 heavy (non-hydrogen) atoms. The fraction of sp³-hybridized carbons (Fsp3) is 0.130. The normalized spacial score (nSPS) is 11.5. The van der Waals surface area contributed by atoms with E-state index in [2.05, 4.69) is 10.4 Å². The largest absolute Gasteiger partial charge is 0.460 e. The Balaban J connectivity index is 1.64. The van der Waals surface area contributed by atoms with E-state index in [0.29, 0.717) is 33.5 Å². The van der Waals surface area contributed by atoms with Gasteiger partial charge in [-0.1, -0.05) is 29.8 Å². The first-order valence-electron chi connectivity index (χ1n) is 9.58. The number of aromatic nitrogens is 2. The average Bonchev–Trinajstić information content (AvgIpc) is 3.38. The fourth-order valence-electron chi connectivity index (χ4n) is 3.17. The van der Waals surface area contributed by atoms with Crippen molar-refractivity contribution in [1.82, 2.24) is 15.1 Å². The Hall–Kier alpha value is -3.52. The van der Waals surface area contributed by atoms with Crippen molar-refractivity contribution < 1.29 is 22.4 Å². The third-order valence-electron chi connectivity index (χ3n) is 4.69. The smallest absolute Gasteiger partial charge is 0.416 e. The minimum absolute atomic E-state index is 0.0847. The van der Waals surface area contributed by atoms with Crippen molar-refractivity contribution in [2.75, 3.05) is 0 Å². The zero-order valence-electron chi connectivity index (χ0n) is 16.8. The molecular weight excluding hydrogens is 443 g/mol. The van der Waals surface area contributed by atoms with Crippen molar-refractivity contribution in [3.8, 4) is 17.1 Å². The summed E-state index contributed by atoms with van der Waals surface area (Å²) in [6.45, 7) is 1.71. The molecule has 0 bridgehead atoms. The molecule has 164 valence electrons. The molecule has 0 unspecified atom stereocenters. The van der Waals surface area contributed by atoms with Gasteiger partial charge in [-0.05, 0) is 55.0 Å². The Kier molecular flexibility index (Phi) is 5.80. The number of benzene rings is 2. The summed E-state index contributed by atoms with van der Waals surface area (Å²) in [7, 11) is 0. The summed E-state index contributed by atoms with van der Waals surface area (Å²) >= 11 is 6.09. The van der Waals surface area contributed by atoms with Crippen LogP contribution < -0.4 is 5.32 Å². The number of nitrogens with zero attached hydrogens (tertiary/aromatic N) is 2. The number of aryl methyl sites for hydroxylation is 1. The predicted molar refractivity (Wildman–Crippen MR) is 114 cm³/mol. The highest BCUT2D eigenvalue weighted by molar-refractivity contribution is 6.30. The zero-order chi connectivity index (χ0) is 22.9. The third-order valence-corrected chi connectivity index (χ3v) is 4.93. The van der Waals surface area contributed by atoms with E-state index in [1.54, 1.807) is 49.4 Å². The van der Waals surface area contributed by atoms with Crippen LogP contribution in [0.2, 0.25) is 5.02 Å². The Morgan fingerprint density at radius 1 is 1.09 bits per heavy atom. The Bertz CT molecular complexity index is 1280. The topological polar surface area (TPSA) is 60.1 Å². The van der Waals surface area contributed by atoms with Gasteiger partial charge in [-0.2, -0.15) is 18.3 Å². The van der Waals surface area contributed by atoms with Gasteiger partial charge < -0.3 is 9.73 Å². The summed E-state index contributed by atoms with van der Waals surface area (Å²) in [5, 5.41) is 7.60. The summed E-state index contributed by atoms with van der Waals surface area (Å²) in [5.74, 6) is 0.660. The maximum absolute atomic E-state index is 13.0. The lowest BCUT2D eigenvalue weighted by Crippen LogP contribution is -2.25. The first-order valence-corrected chi connectivity index (χ1v) is 9.95. The monoisotopic (exact) mass is 459 g/mol. The molecule has 0 atom stereocenters. The highest BCUT2D eigenvalue weighted by Gasteiger charge is 2.30. The lowest BCUT2D eigenvalue weighted by atomic mass is 10.1. The summed E-state index contributed by atoms with van der Waals surface area (Å²) < 4.78 is 45.9. The third kappa shape index (κ3) is 4.70. The molecule has 0 saturated carbocycles. The molecule has 2 heterocycles. The van der Waals surface area contributed by atoms with E-state index < -0.39 is 17.6 Å². The molecule has 4 rings (SSSR count). The summed E-state index contributed by atoms with van der Waals surface area (Å²) in [6, 6.07) is 16.7. The number of alkyl halides is 3. The molecule has 0 saturated heterocycles. The van der Waals surface area contributed by atoms with Gasteiger partial charge in [-0.3, -0.25) is 4.79 Å². The number of hydrogen-bond acceptors (Lipinski definition) is 3. The molecule has 1 N–H and O–H groups in total. The first-order chi connectivity index (χ1) is 15.2. The van der Waals surface area contributed by atoms with Crippen LogP contribution >= 0.6 is 11.6 Å². The maximum Gasteiger partial charge on any atom is 0.416 e. The quantitative estimate of drug-likeness (QED) is 0.395.